The van der Waals surface area contributed by atoms with E-state index >= 15 is 0 Å². The number of aliphatic carboxylic acids is 1. The Morgan fingerprint density at radius 1 is 1.47 bits per heavy atom. The van der Waals surface area contributed by atoms with Gasteiger partial charge in [-0.15, -0.1) is 0 Å². The molecule has 0 aromatic carbocycles. The van der Waals surface area contributed by atoms with Gasteiger partial charge in [-0.05, 0) is 42.2 Å². The van der Waals surface area contributed by atoms with Gasteiger partial charge in [-0.2, -0.15) is 11.3 Å². The molecule has 1 rings (SSSR count). The van der Waals surface area contributed by atoms with Crippen molar-refractivity contribution >= 4 is 23.2 Å². The van der Waals surface area contributed by atoms with Gasteiger partial charge in [0.25, 0.3) is 0 Å². The molecule has 17 heavy (non-hydrogen) atoms. The van der Waals surface area contributed by atoms with Crippen LogP contribution in [0.15, 0.2) is 16.8 Å². The highest BCUT2D eigenvalue weighted by atomic mass is 32.1. The smallest absolute Gasteiger partial charge is 0.303 e. The standard InChI is InChI=1S/C12H17NO3S/c1-9(2-5-12(15)16)13-11(14)4-3-10-6-7-17-8-10/h6-9H,2-5H2,1H3,(H,13,14)(H,15,16). The molecule has 94 valence electrons. The molecule has 0 aliphatic rings. The number of thiophene rings is 1. The lowest BCUT2D eigenvalue weighted by molar-refractivity contribution is -0.137. The van der Waals surface area contributed by atoms with Crippen LogP contribution in [0.25, 0.3) is 0 Å². The average molecular weight is 255 g/mol. The largest absolute Gasteiger partial charge is 0.481 e. The second-order valence-electron chi connectivity index (χ2n) is 4.03. The normalized spacial score (nSPS) is 12.1. The van der Waals surface area contributed by atoms with Crippen LogP contribution in [0.4, 0.5) is 0 Å². The lowest BCUT2D eigenvalue weighted by Crippen LogP contribution is -2.33. The molecule has 0 aliphatic heterocycles. The fraction of sp³-hybridized carbons (Fsp3) is 0.500. The molecule has 1 aromatic rings. The second-order valence-corrected chi connectivity index (χ2v) is 4.81. The van der Waals surface area contributed by atoms with Crippen LogP contribution >= 0.6 is 11.3 Å². The van der Waals surface area contributed by atoms with Crippen molar-refractivity contribution in [2.75, 3.05) is 0 Å². The van der Waals surface area contributed by atoms with Crippen LogP contribution in [0, 0.1) is 0 Å². The zero-order valence-electron chi connectivity index (χ0n) is 9.81. The first-order valence-corrected chi connectivity index (χ1v) is 6.54. The van der Waals surface area contributed by atoms with Crippen LogP contribution in [0.1, 0.15) is 31.7 Å². The Morgan fingerprint density at radius 3 is 2.82 bits per heavy atom. The van der Waals surface area contributed by atoms with Gasteiger partial charge >= 0.3 is 5.97 Å². The van der Waals surface area contributed by atoms with Crippen molar-refractivity contribution in [2.24, 2.45) is 0 Å². The third-order valence-corrected chi connectivity index (χ3v) is 3.15. The maximum absolute atomic E-state index is 11.5. The highest BCUT2D eigenvalue weighted by Crippen LogP contribution is 2.08. The summed E-state index contributed by atoms with van der Waals surface area (Å²) in [6.07, 6.45) is 1.75. The minimum absolute atomic E-state index is 0.0194. The number of amides is 1. The Kier molecular flexibility index (Phi) is 5.69. The van der Waals surface area contributed by atoms with E-state index in [9.17, 15) is 9.59 Å². The summed E-state index contributed by atoms with van der Waals surface area (Å²) in [5, 5.41) is 15.3. The molecular formula is C12H17NO3S. The molecule has 0 spiro atoms. The number of carboxylic acid groups (broad SMARTS) is 1. The number of carbonyl (C=O) groups excluding carboxylic acids is 1. The van der Waals surface area contributed by atoms with Crippen molar-refractivity contribution in [3.63, 3.8) is 0 Å². The molecule has 1 aromatic heterocycles. The lowest BCUT2D eigenvalue weighted by atomic mass is 10.1. The van der Waals surface area contributed by atoms with Gasteiger partial charge in [0.15, 0.2) is 0 Å². The van der Waals surface area contributed by atoms with Crippen LogP contribution in [-0.4, -0.2) is 23.0 Å². The van der Waals surface area contributed by atoms with Gasteiger partial charge in [0.1, 0.15) is 0 Å². The van der Waals surface area contributed by atoms with Crippen molar-refractivity contribution < 1.29 is 14.7 Å². The SMILES string of the molecule is CC(CCC(=O)O)NC(=O)CCc1ccsc1. The van der Waals surface area contributed by atoms with Gasteiger partial charge in [0.2, 0.25) is 5.91 Å². The zero-order valence-corrected chi connectivity index (χ0v) is 10.6. The maximum atomic E-state index is 11.5. The Balaban J connectivity index is 2.18. The highest BCUT2D eigenvalue weighted by Gasteiger charge is 2.09. The Hall–Kier alpha value is -1.36. The summed E-state index contributed by atoms with van der Waals surface area (Å²) in [5.74, 6) is -0.849. The molecule has 1 heterocycles. The minimum Gasteiger partial charge on any atom is -0.481 e. The first-order chi connectivity index (χ1) is 8.08. The summed E-state index contributed by atoms with van der Waals surface area (Å²) in [7, 11) is 0. The van der Waals surface area contributed by atoms with E-state index in [2.05, 4.69) is 5.32 Å². The number of nitrogens with one attached hydrogen (secondary N) is 1. The van der Waals surface area contributed by atoms with Crippen molar-refractivity contribution in [3.8, 4) is 0 Å². The predicted molar refractivity (Wildman–Crippen MR) is 67.1 cm³/mol. The van der Waals surface area contributed by atoms with E-state index in [0.717, 1.165) is 6.42 Å². The van der Waals surface area contributed by atoms with E-state index in [-0.39, 0.29) is 18.4 Å². The number of carbonyl (C=O) groups is 2. The van der Waals surface area contributed by atoms with Crippen molar-refractivity contribution in [1.82, 2.24) is 5.32 Å². The van der Waals surface area contributed by atoms with Gasteiger partial charge in [-0.25, -0.2) is 0 Å². The van der Waals surface area contributed by atoms with Crippen LogP contribution in [-0.2, 0) is 16.0 Å². The molecule has 2 N–H and O–H groups in total. The number of aryl methyl sites for hydroxylation is 1. The topological polar surface area (TPSA) is 66.4 Å². The van der Waals surface area contributed by atoms with Gasteiger partial charge in [-0.1, -0.05) is 0 Å². The third kappa shape index (κ3) is 6.06. The molecule has 5 heteroatoms. The van der Waals surface area contributed by atoms with Gasteiger partial charge in [0.05, 0.1) is 0 Å². The summed E-state index contributed by atoms with van der Waals surface area (Å²) >= 11 is 1.62. The number of rotatable bonds is 7. The maximum Gasteiger partial charge on any atom is 0.303 e. The summed E-state index contributed by atoms with van der Waals surface area (Å²) < 4.78 is 0. The molecule has 4 nitrogen and oxygen atoms in total. The van der Waals surface area contributed by atoms with Gasteiger partial charge in [0, 0.05) is 18.9 Å². The third-order valence-electron chi connectivity index (χ3n) is 2.42. The molecule has 1 atom stereocenters. The van der Waals surface area contributed by atoms with Crippen LogP contribution in [0.5, 0.6) is 0 Å². The van der Waals surface area contributed by atoms with E-state index in [0.29, 0.717) is 12.8 Å². The molecule has 0 bridgehead atoms. The van der Waals surface area contributed by atoms with E-state index in [4.69, 9.17) is 5.11 Å². The fourth-order valence-corrected chi connectivity index (χ4v) is 2.16. The van der Waals surface area contributed by atoms with Gasteiger partial charge < -0.3 is 10.4 Å². The fourth-order valence-electron chi connectivity index (χ4n) is 1.45. The number of hydrogen-bond donors (Lipinski definition) is 2. The second kappa shape index (κ2) is 7.06. The summed E-state index contributed by atoms with van der Waals surface area (Å²) in [5.41, 5.74) is 1.17. The summed E-state index contributed by atoms with van der Waals surface area (Å²) in [6, 6.07) is 1.92. The lowest BCUT2D eigenvalue weighted by Gasteiger charge is -2.12. The molecule has 1 amide bonds. The molecule has 1 unspecified atom stereocenters. The van der Waals surface area contributed by atoms with E-state index in [1.807, 2.05) is 23.8 Å². The first-order valence-electron chi connectivity index (χ1n) is 5.60. The molecule has 0 radical (unpaired) electrons. The zero-order chi connectivity index (χ0) is 12.7. The Bertz CT molecular complexity index is 362. The summed E-state index contributed by atoms with van der Waals surface area (Å²) in [6.45, 7) is 1.82. The van der Waals surface area contributed by atoms with Crippen LogP contribution < -0.4 is 5.32 Å². The monoisotopic (exact) mass is 255 g/mol. The Labute approximate surface area is 105 Å². The van der Waals surface area contributed by atoms with E-state index < -0.39 is 5.97 Å². The molecule has 0 fully saturated rings. The van der Waals surface area contributed by atoms with E-state index in [1.165, 1.54) is 5.56 Å². The Morgan fingerprint density at radius 2 is 2.24 bits per heavy atom. The van der Waals surface area contributed by atoms with Crippen LogP contribution in [0.3, 0.4) is 0 Å². The highest BCUT2D eigenvalue weighted by molar-refractivity contribution is 7.07. The average Bonchev–Trinajstić information content (AvgIpc) is 2.76. The first kappa shape index (κ1) is 13.7. The molecule has 0 aliphatic carbocycles. The van der Waals surface area contributed by atoms with Crippen LogP contribution in [0.2, 0.25) is 0 Å². The minimum atomic E-state index is -0.829. The molecular weight excluding hydrogens is 238 g/mol. The van der Waals surface area contributed by atoms with Crippen molar-refractivity contribution in [2.45, 2.75) is 38.6 Å². The predicted octanol–water partition coefficient (Wildman–Crippen LogP) is 2.05. The quantitative estimate of drug-likeness (QED) is 0.783. The number of hydrogen-bond acceptors (Lipinski definition) is 3. The van der Waals surface area contributed by atoms with E-state index in [1.54, 1.807) is 11.3 Å². The summed E-state index contributed by atoms with van der Waals surface area (Å²) in [4.78, 5) is 21.9. The van der Waals surface area contributed by atoms with Crippen molar-refractivity contribution in [1.29, 1.82) is 0 Å². The molecule has 0 saturated heterocycles. The van der Waals surface area contributed by atoms with Gasteiger partial charge in [-0.3, -0.25) is 9.59 Å². The molecule has 0 saturated carbocycles. The number of carboxylic acids is 1. The van der Waals surface area contributed by atoms with Crippen molar-refractivity contribution in [3.05, 3.63) is 22.4 Å².